The van der Waals surface area contributed by atoms with Crippen molar-refractivity contribution in [1.29, 1.82) is 0 Å². The highest BCUT2D eigenvalue weighted by molar-refractivity contribution is 7.98. The van der Waals surface area contributed by atoms with Gasteiger partial charge in [0.05, 0.1) is 24.6 Å². The van der Waals surface area contributed by atoms with Crippen LogP contribution in [0, 0.1) is 6.92 Å². The normalized spacial score (nSPS) is 16.4. The summed E-state index contributed by atoms with van der Waals surface area (Å²) in [5.41, 5.74) is 2.89. The summed E-state index contributed by atoms with van der Waals surface area (Å²) in [5.74, 6) is 1.59. The molecule has 3 heterocycles. The van der Waals surface area contributed by atoms with E-state index in [4.69, 9.17) is 9.72 Å². The number of hydrogen-bond donors (Lipinski definition) is 0. The highest BCUT2D eigenvalue weighted by atomic mass is 32.2. The van der Waals surface area contributed by atoms with Crippen LogP contribution in [0.15, 0.2) is 34.8 Å². The minimum absolute atomic E-state index is 0.0483. The Kier molecular flexibility index (Phi) is 6.16. The largest absolute Gasteiger partial charge is 0.378 e. The second kappa shape index (κ2) is 9.21. The lowest BCUT2D eigenvalue weighted by molar-refractivity contribution is -0.115. The van der Waals surface area contributed by atoms with Crippen LogP contribution < -0.4 is 9.80 Å². The Morgan fingerprint density at radius 2 is 2.09 bits per heavy atom. The Hall–Kier alpha value is -2.43. The molecule has 1 saturated carbocycles. The van der Waals surface area contributed by atoms with Crippen LogP contribution in [0.2, 0.25) is 0 Å². The van der Waals surface area contributed by atoms with Crippen LogP contribution in [0.4, 0.5) is 16.8 Å². The molecule has 0 atom stereocenters. The second-order valence-corrected chi connectivity index (χ2v) is 9.87. The van der Waals surface area contributed by atoms with Crippen molar-refractivity contribution in [2.45, 2.75) is 43.6 Å². The summed E-state index contributed by atoms with van der Waals surface area (Å²) in [6.07, 6.45) is 2.35. The van der Waals surface area contributed by atoms with Crippen molar-refractivity contribution in [3.63, 3.8) is 0 Å². The SMILES string of the molecule is CC(=O)N(c1cccc(C)c1)c1nc(CSc2nnc(N3CCOCC3)n2C2CC2)cs1. The smallest absolute Gasteiger partial charge is 0.230 e. The summed E-state index contributed by atoms with van der Waals surface area (Å²) < 4.78 is 7.78. The maximum atomic E-state index is 12.4. The highest BCUT2D eigenvalue weighted by Gasteiger charge is 2.32. The van der Waals surface area contributed by atoms with Crippen LogP contribution in [0.3, 0.4) is 0 Å². The zero-order chi connectivity index (χ0) is 22.1. The van der Waals surface area contributed by atoms with Gasteiger partial charge in [0.25, 0.3) is 0 Å². The monoisotopic (exact) mass is 470 g/mol. The number of benzene rings is 1. The van der Waals surface area contributed by atoms with Crippen molar-refractivity contribution < 1.29 is 9.53 Å². The van der Waals surface area contributed by atoms with Crippen LogP contribution in [0.5, 0.6) is 0 Å². The molecule has 1 aromatic carbocycles. The molecule has 168 valence electrons. The summed E-state index contributed by atoms with van der Waals surface area (Å²) >= 11 is 3.15. The number of anilines is 3. The van der Waals surface area contributed by atoms with Crippen LogP contribution in [-0.2, 0) is 15.3 Å². The standard InChI is InChI=1S/C22H26N6O2S2/c1-15-4-3-5-19(12-15)27(16(2)29)21-23-17(13-31-21)14-32-22-25-24-20(28(22)18-6-7-18)26-8-10-30-11-9-26/h3-5,12-13,18H,6-11,14H2,1-2H3. The van der Waals surface area contributed by atoms with Crippen molar-refractivity contribution in [3.8, 4) is 0 Å². The number of thiazole rings is 1. The summed E-state index contributed by atoms with van der Waals surface area (Å²) in [6.45, 7) is 6.76. The molecular weight excluding hydrogens is 444 g/mol. The van der Waals surface area contributed by atoms with Crippen LogP contribution in [-0.4, -0.2) is 52.0 Å². The number of nitrogens with zero attached hydrogens (tertiary/aromatic N) is 6. The van der Waals surface area contributed by atoms with Crippen molar-refractivity contribution >= 4 is 45.8 Å². The van der Waals surface area contributed by atoms with Gasteiger partial charge in [0.1, 0.15) is 0 Å². The molecule has 2 aromatic heterocycles. The Labute approximate surface area is 195 Å². The third-order valence-corrected chi connectivity index (χ3v) is 7.36. The van der Waals surface area contributed by atoms with Gasteiger partial charge in [0.2, 0.25) is 11.9 Å². The molecule has 5 rings (SSSR count). The van der Waals surface area contributed by atoms with Gasteiger partial charge in [0, 0.05) is 37.2 Å². The van der Waals surface area contributed by atoms with Crippen molar-refractivity contribution in [1.82, 2.24) is 19.7 Å². The minimum atomic E-state index is -0.0483. The van der Waals surface area contributed by atoms with Gasteiger partial charge in [-0.2, -0.15) is 0 Å². The first-order valence-corrected chi connectivity index (χ1v) is 12.7. The van der Waals surface area contributed by atoms with E-state index in [-0.39, 0.29) is 5.91 Å². The van der Waals surface area contributed by atoms with E-state index in [9.17, 15) is 4.79 Å². The fourth-order valence-electron chi connectivity index (χ4n) is 3.80. The molecule has 10 heteroatoms. The number of aromatic nitrogens is 4. The molecule has 2 fully saturated rings. The van der Waals surface area contributed by atoms with E-state index in [1.165, 1.54) is 24.2 Å². The molecule has 1 aliphatic heterocycles. The summed E-state index contributed by atoms with van der Waals surface area (Å²) in [4.78, 5) is 21.1. The van der Waals surface area contributed by atoms with Crippen LogP contribution >= 0.6 is 23.1 Å². The molecule has 1 saturated heterocycles. The Bertz CT molecular complexity index is 1100. The third kappa shape index (κ3) is 4.53. The predicted molar refractivity (Wildman–Crippen MR) is 127 cm³/mol. The Morgan fingerprint density at radius 1 is 1.28 bits per heavy atom. The third-order valence-electron chi connectivity index (χ3n) is 5.51. The summed E-state index contributed by atoms with van der Waals surface area (Å²) in [7, 11) is 0. The van der Waals surface area contributed by atoms with Gasteiger partial charge in [-0.1, -0.05) is 23.9 Å². The molecule has 0 bridgehead atoms. The molecule has 32 heavy (non-hydrogen) atoms. The molecule has 0 unspecified atom stereocenters. The first-order chi connectivity index (χ1) is 15.6. The van der Waals surface area contributed by atoms with E-state index in [0.717, 1.165) is 54.4 Å². The van der Waals surface area contributed by atoms with Crippen molar-refractivity contribution in [3.05, 3.63) is 40.9 Å². The first-order valence-electron chi connectivity index (χ1n) is 10.8. The molecule has 3 aromatic rings. The maximum absolute atomic E-state index is 12.4. The number of ether oxygens (including phenoxy) is 1. The fraction of sp³-hybridized carbons (Fsp3) is 0.455. The van der Waals surface area contributed by atoms with Gasteiger partial charge < -0.3 is 9.64 Å². The number of carbonyl (C=O) groups is 1. The number of morpholine rings is 1. The van der Waals surface area contributed by atoms with E-state index >= 15 is 0 Å². The van der Waals surface area contributed by atoms with Gasteiger partial charge in [-0.3, -0.25) is 14.3 Å². The average molecular weight is 471 g/mol. The summed E-state index contributed by atoms with van der Waals surface area (Å²) in [6, 6.07) is 8.41. The molecule has 1 aliphatic carbocycles. The number of thioether (sulfide) groups is 1. The number of aryl methyl sites for hydroxylation is 1. The van der Waals surface area contributed by atoms with E-state index in [1.54, 1.807) is 23.6 Å². The highest BCUT2D eigenvalue weighted by Crippen LogP contribution is 2.41. The minimum Gasteiger partial charge on any atom is -0.378 e. The zero-order valence-corrected chi connectivity index (χ0v) is 19.9. The lowest BCUT2D eigenvalue weighted by Gasteiger charge is -2.27. The average Bonchev–Trinajstić information content (AvgIpc) is 3.37. The Morgan fingerprint density at radius 3 is 2.81 bits per heavy atom. The predicted octanol–water partition coefficient (Wildman–Crippen LogP) is 4.19. The van der Waals surface area contributed by atoms with Gasteiger partial charge in [0.15, 0.2) is 10.3 Å². The van der Waals surface area contributed by atoms with Gasteiger partial charge in [-0.15, -0.1) is 21.5 Å². The van der Waals surface area contributed by atoms with E-state index in [2.05, 4.69) is 19.7 Å². The number of amides is 1. The van der Waals surface area contributed by atoms with Crippen molar-refractivity contribution in [2.24, 2.45) is 0 Å². The van der Waals surface area contributed by atoms with Crippen molar-refractivity contribution in [2.75, 3.05) is 36.1 Å². The fourth-order valence-corrected chi connectivity index (χ4v) is 5.68. The maximum Gasteiger partial charge on any atom is 0.230 e. The Balaban J connectivity index is 1.32. The van der Waals surface area contributed by atoms with Gasteiger partial charge >= 0.3 is 0 Å². The molecule has 2 aliphatic rings. The quantitative estimate of drug-likeness (QED) is 0.479. The van der Waals surface area contributed by atoms with Crippen LogP contribution in [0.25, 0.3) is 0 Å². The first kappa shape index (κ1) is 21.4. The topological polar surface area (TPSA) is 76.4 Å². The molecule has 0 N–H and O–H groups in total. The number of carbonyl (C=O) groups excluding carboxylic acids is 1. The molecule has 0 radical (unpaired) electrons. The molecular formula is C22H26N6O2S2. The van der Waals surface area contributed by atoms with Crippen LogP contribution in [0.1, 0.15) is 37.1 Å². The summed E-state index contributed by atoms with van der Waals surface area (Å²) in [5, 5.41) is 12.7. The lowest BCUT2D eigenvalue weighted by Crippen LogP contribution is -2.38. The lowest BCUT2D eigenvalue weighted by atomic mass is 10.2. The second-order valence-electron chi connectivity index (χ2n) is 8.09. The number of rotatable bonds is 7. The molecule has 0 spiro atoms. The van der Waals surface area contributed by atoms with E-state index in [1.807, 2.05) is 36.6 Å². The van der Waals surface area contributed by atoms with E-state index in [0.29, 0.717) is 16.9 Å². The number of hydrogen-bond acceptors (Lipinski definition) is 8. The molecule has 1 amide bonds. The van der Waals surface area contributed by atoms with Gasteiger partial charge in [-0.05, 0) is 37.5 Å². The zero-order valence-electron chi connectivity index (χ0n) is 18.2. The van der Waals surface area contributed by atoms with Gasteiger partial charge in [-0.25, -0.2) is 4.98 Å². The molecule has 8 nitrogen and oxygen atoms in total. The van der Waals surface area contributed by atoms with E-state index < -0.39 is 0 Å².